The zero-order valence-electron chi connectivity index (χ0n) is 22.2. The molecule has 3 aromatic carbocycles. The molecule has 0 aromatic heterocycles. The third-order valence-electron chi connectivity index (χ3n) is 7.21. The van der Waals surface area contributed by atoms with Crippen molar-refractivity contribution < 1.29 is 28.5 Å². The highest BCUT2D eigenvalue weighted by Crippen LogP contribution is 2.49. The number of para-hydroxylation sites is 3. The van der Waals surface area contributed by atoms with Crippen LogP contribution < -0.4 is 34.3 Å². The van der Waals surface area contributed by atoms with E-state index in [1.165, 1.54) is 0 Å². The predicted octanol–water partition coefficient (Wildman–Crippen LogP) is 5.71. The average molecular weight is 517 g/mol. The summed E-state index contributed by atoms with van der Waals surface area (Å²) in [6, 6.07) is 17.1. The quantitative estimate of drug-likeness (QED) is 0.413. The molecule has 0 bridgehead atoms. The molecule has 1 aliphatic heterocycles. The van der Waals surface area contributed by atoms with E-state index in [1.54, 1.807) is 35.5 Å². The minimum Gasteiger partial charge on any atom is -0.493 e. The number of fused-ring (bicyclic) bond motifs is 1. The molecule has 0 saturated heterocycles. The number of anilines is 2. The number of hydrogen-bond donors (Lipinski definition) is 2. The van der Waals surface area contributed by atoms with E-state index in [1.807, 2.05) is 54.6 Å². The molecule has 5 rings (SSSR count). The minimum absolute atomic E-state index is 0.0488. The lowest BCUT2D eigenvalue weighted by Crippen LogP contribution is -2.27. The Hall–Kier alpha value is -4.33. The van der Waals surface area contributed by atoms with Crippen LogP contribution >= 0.6 is 0 Å². The van der Waals surface area contributed by atoms with Gasteiger partial charge in [0.2, 0.25) is 5.75 Å². The molecule has 198 valence electrons. The van der Waals surface area contributed by atoms with Gasteiger partial charge in [0.05, 0.1) is 53.0 Å². The summed E-state index contributed by atoms with van der Waals surface area (Å²) in [5.41, 5.74) is 5.14. The highest BCUT2D eigenvalue weighted by atomic mass is 16.5. The highest BCUT2D eigenvalue weighted by molar-refractivity contribution is 6.01. The van der Waals surface area contributed by atoms with Crippen LogP contribution in [0.4, 0.5) is 11.4 Å². The highest BCUT2D eigenvalue weighted by Gasteiger charge is 2.38. The molecule has 2 N–H and O–H groups in total. The Labute approximate surface area is 222 Å². The third-order valence-corrected chi connectivity index (χ3v) is 7.21. The van der Waals surface area contributed by atoms with Crippen molar-refractivity contribution >= 4 is 17.2 Å². The maximum Gasteiger partial charge on any atom is 0.203 e. The van der Waals surface area contributed by atoms with Gasteiger partial charge in [0, 0.05) is 23.3 Å². The summed E-state index contributed by atoms with van der Waals surface area (Å²) in [5.74, 6) is 2.82. The van der Waals surface area contributed by atoms with E-state index < -0.39 is 6.04 Å². The van der Waals surface area contributed by atoms with Crippen LogP contribution in [0.3, 0.4) is 0 Å². The number of allylic oxidation sites excluding steroid dienone is 1. The molecule has 38 heavy (non-hydrogen) atoms. The summed E-state index contributed by atoms with van der Waals surface area (Å²) in [5, 5.41) is 7.18. The van der Waals surface area contributed by atoms with E-state index in [0.29, 0.717) is 47.2 Å². The first-order valence-corrected chi connectivity index (χ1v) is 12.4. The van der Waals surface area contributed by atoms with Gasteiger partial charge >= 0.3 is 0 Å². The summed E-state index contributed by atoms with van der Waals surface area (Å²) in [6.07, 6.45) is 0.957. The second-order valence-electron chi connectivity index (χ2n) is 9.21. The number of carbonyl (C=O) groups excluding carboxylic acids is 1. The van der Waals surface area contributed by atoms with Gasteiger partial charge in [0.1, 0.15) is 0 Å². The summed E-state index contributed by atoms with van der Waals surface area (Å²) in [6.45, 7) is 0. The first-order valence-electron chi connectivity index (χ1n) is 12.4. The summed E-state index contributed by atoms with van der Waals surface area (Å²) >= 11 is 0. The van der Waals surface area contributed by atoms with Gasteiger partial charge in [0.25, 0.3) is 0 Å². The van der Waals surface area contributed by atoms with Crippen molar-refractivity contribution in [2.75, 3.05) is 46.2 Å². The van der Waals surface area contributed by atoms with Crippen LogP contribution in [0.2, 0.25) is 0 Å². The Kier molecular flexibility index (Phi) is 7.05. The molecule has 8 nitrogen and oxygen atoms in total. The zero-order valence-corrected chi connectivity index (χ0v) is 22.2. The second kappa shape index (κ2) is 10.6. The molecule has 0 spiro atoms. The number of carbonyl (C=O) groups is 1. The average Bonchev–Trinajstić information content (AvgIpc) is 3.12. The molecule has 0 fully saturated rings. The number of ketones is 1. The van der Waals surface area contributed by atoms with Gasteiger partial charge in [-0.2, -0.15) is 0 Å². The van der Waals surface area contributed by atoms with Crippen LogP contribution in [-0.2, 0) is 4.79 Å². The van der Waals surface area contributed by atoms with E-state index in [0.717, 1.165) is 28.2 Å². The molecule has 2 atom stereocenters. The predicted molar refractivity (Wildman–Crippen MR) is 146 cm³/mol. The van der Waals surface area contributed by atoms with Gasteiger partial charge in [-0.15, -0.1) is 0 Å². The van der Waals surface area contributed by atoms with Gasteiger partial charge in [-0.1, -0.05) is 24.3 Å². The number of benzene rings is 3. The van der Waals surface area contributed by atoms with Crippen LogP contribution in [0, 0.1) is 0 Å². The Balaban J connectivity index is 1.63. The maximum absolute atomic E-state index is 14.0. The van der Waals surface area contributed by atoms with Crippen molar-refractivity contribution in [3.8, 4) is 28.7 Å². The number of rotatable bonds is 7. The Bertz CT molecular complexity index is 1370. The van der Waals surface area contributed by atoms with Crippen LogP contribution in [0.5, 0.6) is 28.7 Å². The van der Waals surface area contributed by atoms with E-state index in [2.05, 4.69) is 10.6 Å². The number of ether oxygens (including phenoxy) is 5. The van der Waals surface area contributed by atoms with E-state index in [-0.39, 0.29) is 11.7 Å². The molecule has 0 radical (unpaired) electrons. The smallest absolute Gasteiger partial charge is 0.203 e. The van der Waals surface area contributed by atoms with Crippen molar-refractivity contribution in [3.63, 3.8) is 0 Å². The summed E-state index contributed by atoms with van der Waals surface area (Å²) in [4.78, 5) is 14.0. The van der Waals surface area contributed by atoms with Crippen LogP contribution in [0.25, 0.3) is 0 Å². The second-order valence-corrected chi connectivity index (χ2v) is 9.21. The Morgan fingerprint density at radius 2 is 1.37 bits per heavy atom. The van der Waals surface area contributed by atoms with Crippen molar-refractivity contribution in [1.82, 2.24) is 0 Å². The van der Waals surface area contributed by atoms with E-state index >= 15 is 0 Å². The van der Waals surface area contributed by atoms with Crippen molar-refractivity contribution in [2.45, 2.75) is 24.8 Å². The molecule has 2 aliphatic rings. The topological polar surface area (TPSA) is 87.3 Å². The fraction of sp³-hybridized carbons (Fsp3) is 0.300. The number of Topliss-reactive ketones (excluding diaryl/α,β-unsaturated/α-hetero) is 1. The lowest BCUT2D eigenvalue weighted by Gasteiger charge is -2.31. The first kappa shape index (κ1) is 25.3. The Morgan fingerprint density at radius 3 is 2.00 bits per heavy atom. The van der Waals surface area contributed by atoms with Gasteiger partial charge < -0.3 is 34.3 Å². The van der Waals surface area contributed by atoms with Crippen LogP contribution in [-0.4, -0.2) is 41.3 Å². The minimum atomic E-state index is -0.431. The van der Waals surface area contributed by atoms with Gasteiger partial charge in [-0.05, 0) is 48.2 Å². The standard InChI is InChI=1S/C30H32N2O6/c1-34-24-12-8-9-19(29(24)37-4)28-27-22(31-20-10-6-7-11-21(20)32-28)13-17(14-23(27)33)18-15-25(35-2)30(38-5)26(16-18)36-3/h6-12,15-17,28,31-32H,13-14H2,1-5H3/t17-,28-/m1/s1. The maximum atomic E-state index is 14.0. The lowest BCUT2D eigenvalue weighted by atomic mass is 9.78. The van der Waals surface area contributed by atoms with Gasteiger partial charge in [0.15, 0.2) is 28.8 Å². The van der Waals surface area contributed by atoms with Crippen LogP contribution in [0.1, 0.15) is 35.9 Å². The molecule has 3 aromatic rings. The lowest BCUT2D eigenvalue weighted by molar-refractivity contribution is -0.116. The fourth-order valence-electron chi connectivity index (χ4n) is 5.44. The van der Waals surface area contributed by atoms with Crippen LogP contribution in [0.15, 0.2) is 65.9 Å². The molecular formula is C30H32N2O6. The zero-order chi connectivity index (χ0) is 26.8. The SMILES string of the molecule is COc1cc([C@H]2CC(=O)C3=C(C2)Nc2ccccc2N[C@@H]3c2cccc(OC)c2OC)cc(OC)c1OC. The normalized spacial score (nSPS) is 18.3. The van der Waals surface area contributed by atoms with Crippen molar-refractivity contribution in [1.29, 1.82) is 0 Å². The van der Waals surface area contributed by atoms with Gasteiger partial charge in [-0.3, -0.25) is 4.79 Å². The number of hydrogen-bond acceptors (Lipinski definition) is 8. The Morgan fingerprint density at radius 1 is 0.711 bits per heavy atom. The first-order chi connectivity index (χ1) is 18.5. The molecule has 1 heterocycles. The molecule has 0 saturated carbocycles. The van der Waals surface area contributed by atoms with Crippen molar-refractivity contribution in [3.05, 3.63) is 77.0 Å². The molecule has 0 amide bonds. The van der Waals surface area contributed by atoms with Gasteiger partial charge in [-0.25, -0.2) is 0 Å². The fourth-order valence-corrected chi connectivity index (χ4v) is 5.44. The summed E-state index contributed by atoms with van der Waals surface area (Å²) in [7, 11) is 7.99. The van der Waals surface area contributed by atoms with Crippen molar-refractivity contribution in [2.24, 2.45) is 0 Å². The molecule has 0 unspecified atom stereocenters. The number of nitrogens with one attached hydrogen (secondary N) is 2. The largest absolute Gasteiger partial charge is 0.493 e. The van der Waals surface area contributed by atoms with E-state index in [4.69, 9.17) is 23.7 Å². The molecular weight excluding hydrogens is 484 g/mol. The third kappa shape index (κ3) is 4.36. The van der Waals surface area contributed by atoms with E-state index in [9.17, 15) is 4.79 Å². The number of methoxy groups -OCH3 is 5. The monoisotopic (exact) mass is 516 g/mol. The summed E-state index contributed by atoms with van der Waals surface area (Å²) < 4.78 is 28.0. The molecule has 8 heteroatoms. The molecule has 1 aliphatic carbocycles.